The van der Waals surface area contributed by atoms with Crippen LogP contribution in [0.5, 0.6) is 23.0 Å². The number of ether oxygens (including phenoxy) is 2. The minimum Gasteiger partial charge on any atom is -0.449 e. The molecule has 11 rings (SSSR count). The predicted octanol–water partition coefficient (Wildman–Crippen LogP) is 12.2. The molecule has 2 aromatic heterocycles. The van der Waals surface area contributed by atoms with E-state index in [0.717, 1.165) is 33.4 Å². The first-order valence-electron chi connectivity index (χ1n) is 19.0. The van der Waals surface area contributed by atoms with Gasteiger partial charge in [-0.2, -0.15) is 0 Å². The van der Waals surface area contributed by atoms with Crippen LogP contribution in [0.4, 0.5) is 0 Å². The molecule has 0 unspecified atom stereocenters. The lowest BCUT2D eigenvalue weighted by atomic mass is 9.67. The second-order valence-electron chi connectivity index (χ2n) is 14.2. The van der Waals surface area contributed by atoms with Crippen molar-refractivity contribution < 1.29 is 9.47 Å². The molecule has 2 aliphatic rings. The van der Waals surface area contributed by atoms with Gasteiger partial charge in [-0.1, -0.05) is 152 Å². The number of nitrogens with zero attached hydrogens (tertiary/aromatic N) is 4. The van der Waals surface area contributed by atoms with E-state index in [1.165, 1.54) is 22.3 Å². The van der Waals surface area contributed by atoms with Gasteiger partial charge in [-0.05, 0) is 75.3 Å². The van der Waals surface area contributed by atoms with Crippen LogP contribution >= 0.6 is 0 Å². The van der Waals surface area contributed by atoms with E-state index in [2.05, 4.69) is 120 Å². The zero-order valence-corrected chi connectivity index (χ0v) is 30.6. The van der Waals surface area contributed by atoms with E-state index < -0.39 is 5.41 Å². The number of rotatable bonds is 6. The maximum absolute atomic E-state index is 6.98. The highest BCUT2D eigenvalue weighted by atomic mass is 16.6. The Hall–Kier alpha value is -7.70. The summed E-state index contributed by atoms with van der Waals surface area (Å²) in [5.41, 5.74) is 10.8. The van der Waals surface area contributed by atoms with Crippen LogP contribution in [-0.4, -0.2) is 19.9 Å². The molecule has 9 aromatic rings. The minimum atomic E-state index is -0.557. The van der Waals surface area contributed by atoms with Gasteiger partial charge < -0.3 is 9.47 Å². The molecule has 7 aromatic carbocycles. The molecular formula is C51H32N4O2. The van der Waals surface area contributed by atoms with Gasteiger partial charge in [0.25, 0.3) is 0 Å². The average molecular weight is 733 g/mol. The van der Waals surface area contributed by atoms with Gasteiger partial charge in [0.05, 0.1) is 5.41 Å². The molecule has 6 heteroatoms. The van der Waals surface area contributed by atoms with Gasteiger partial charge in [0.2, 0.25) is 0 Å². The lowest BCUT2D eigenvalue weighted by molar-refractivity contribution is 0.360. The molecule has 0 radical (unpaired) electrons. The molecule has 0 saturated carbocycles. The van der Waals surface area contributed by atoms with Crippen LogP contribution in [0.15, 0.2) is 194 Å². The monoisotopic (exact) mass is 732 g/mol. The van der Waals surface area contributed by atoms with Crippen molar-refractivity contribution >= 4 is 0 Å². The zero-order valence-electron chi connectivity index (χ0n) is 30.6. The van der Waals surface area contributed by atoms with Crippen molar-refractivity contribution in [3.05, 3.63) is 217 Å². The van der Waals surface area contributed by atoms with Crippen LogP contribution in [0.2, 0.25) is 0 Å². The van der Waals surface area contributed by atoms with Gasteiger partial charge in [0.1, 0.15) is 5.69 Å². The van der Waals surface area contributed by atoms with E-state index in [4.69, 9.17) is 24.4 Å². The Morgan fingerprint density at radius 1 is 0.368 bits per heavy atom. The van der Waals surface area contributed by atoms with Crippen LogP contribution < -0.4 is 9.47 Å². The molecule has 6 nitrogen and oxygen atoms in total. The van der Waals surface area contributed by atoms with E-state index in [1.54, 1.807) is 6.20 Å². The Labute approximate surface area is 329 Å². The third-order valence-electron chi connectivity index (χ3n) is 10.9. The Morgan fingerprint density at radius 3 is 1.72 bits per heavy atom. The smallest absolute Gasteiger partial charge is 0.182 e. The summed E-state index contributed by atoms with van der Waals surface area (Å²) in [6.45, 7) is 0. The van der Waals surface area contributed by atoms with E-state index >= 15 is 0 Å². The van der Waals surface area contributed by atoms with E-state index in [-0.39, 0.29) is 0 Å². The van der Waals surface area contributed by atoms with Gasteiger partial charge in [-0.25, -0.2) is 15.0 Å². The molecule has 1 aliphatic carbocycles. The van der Waals surface area contributed by atoms with Gasteiger partial charge >= 0.3 is 0 Å². The Balaban J connectivity index is 1.03. The van der Waals surface area contributed by atoms with Crippen LogP contribution in [-0.2, 0) is 5.41 Å². The first-order valence-corrected chi connectivity index (χ1v) is 19.0. The maximum atomic E-state index is 6.98. The fourth-order valence-electron chi connectivity index (χ4n) is 8.42. The summed E-state index contributed by atoms with van der Waals surface area (Å²) < 4.78 is 13.7. The minimum absolute atomic E-state index is 0.507. The summed E-state index contributed by atoms with van der Waals surface area (Å²) in [5.74, 6) is 4.28. The van der Waals surface area contributed by atoms with Crippen molar-refractivity contribution in [1.82, 2.24) is 19.9 Å². The predicted molar refractivity (Wildman–Crippen MR) is 223 cm³/mol. The Bertz CT molecular complexity index is 2860. The molecule has 268 valence electrons. The van der Waals surface area contributed by atoms with Crippen molar-refractivity contribution in [2.45, 2.75) is 5.41 Å². The summed E-state index contributed by atoms with van der Waals surface area (Å²) in [4.78, 5) is 19.3. The number of fused-ring (bicyclic) bond motifs is 5. The highest BCUT2D eigenvalue weighted by Crippen LogP contribution is 2.60. The summed E-state index contributed by atoms with van der Waals surface area (Å²) in [5, 5.41) is 0. The van der Waals surface area contributed by atoms with Gasteiger partial charge in [0.15, 0.2) is 40.5 Å². The summed E-state index contributed by atoms with van der Waals surface area (Å²) >= 11 is 0. The third kappa shape index (κ3) is 5.34. The number of pyridine rings is 1. The first kappa shape index (κ1) is 32.7. The molecule has 0 fully saturated rings. The second-order valence-corrected chi connectivity index (χ2v) is 14.2. The van der Waals surface area contributed by atoms with E-state index in [1.807, 2.05) is 72.8 Å². The van der Waals surface area contributed by atoms with Crippen molar-refractivity contribution in [2.24, 2.45) is 0 Å². The number of para-hydroxylation sites is 1. The van der Waals surface area contributed by atoms with Gasteiger partial charge in [-0.3, -0.25) is 4.98 Å². The Morgan fingerprint density at radius 2 is 0.965 bits per heavy atom. The summed E-state index contributed by atoms with van der Waals surface area (Å²) in [6, 6.07) is 64.5. The molecule has 0 saturated heterocycles. The van der Waals surface area contributed by atoms with E-state index in [0.29, 0.717) is 46.2 Å². The lowest BCUT2D eigenvalue weighted by Crippen LogP contribution is -2.28. The van der Waals surface area contributed by atoms with Gasteiger partial charge in [0, 0.05) is 22.9 Å². The average Bonchev–Trinajstić information content (AvgIpc) is 3.58. The fraction of sp³-hybridized carbons (Fsp3) is 0.0196. The molecule has 3 heterocycles. The molecule has 0 spiro atoms. The molecular weight excluding hydrogens is 701 g/mol. The van der Waals surface area contributed by atoms with Crippen LogP contribution in [0.25, 0.3) is 56.5 Å². The largest absolute Gasteiger partial charge is 0.449 e. The first-order chi connectivity index (χ1) is 28.2. The Kier molecular flexibility index (Phi) is 7.60. The molecule has 0 atom stereocenters. The standard InChI is InChI=1S/C51H32N4O2/c1-4-16-33(17-5-1)48-53-49(55-50(54-48)43-27-12-13-29-52-43)35-19-14-18-34(30-35)38-25-15-28-44-47(38)57-46-32-42-40(31-45(46)56-44)39-24-10-11-26-41(39)51(42,36-20-6-2-7-21-36)37-22-8-3-9-23-37/h1-32H. The molecule has 57 heavy (non-hydrogen) atoms. The van der Waals surface area contributed by atoms with Gasteiger partial charge in [-0.15, -0.1) is 0 Å². The molecule has 0 N–H and O–H groups in total. The topological polar surface area (TPSA) is 70.0 Å². The maximum Gasteiger partial charge on any atom is 0.182 e. The lowest BCUT2D eigenvalue weighted by Gasteiger charge is -2.34. The normalized spacial score (nSPS) is 13.0. The van der Waals surface area contributed by atoms with Crippen molar-refractivity contribution in [3.63, 3.8) is 0 Å². The zero-order chi connectivity index (χ0) is 37.8. The molecule has 1 aliphatic heterocycles. The van der Waals surface area contributed by atoms with Crippen LogP contribution in [0.3, 0.4) is 0 Å². The van der Waals surface area contributed by atoms with Crippen molar-refractivity contribution in [2.75, 3.05) is 0 Å². The summed E-state index contributed by atoms with van der Waals surface area (Å²) in [6.07, 6.45) is 1.75. The molecule has 0 amide bonds. The summed E-state index contributed by atoms with van der Waals surface area (Å²) in [7, 11) is 0. The second kappa shape index (κ2) is 13.3. The number of benzene rings is 7. The van der Waals surface area contributed by atoms with Crippen molar-refractivity contribution in [3.8, 4) is 79.5 Å². The fourth-order valence-corrected chi connectivity index (χ4v) is 8.42. The highest BCUT2D eigenvalue weighted by Gasteiger charge is 2.47. The number of aromatic nitrogens is 4. The number of hydrogen-bond acceptors (Lipinski definition) is 6. The van der Waals surface area contributed by atoms with E-state index in [9.17, 15) is 0 Å². The number of hydrogen-bond donors (Lipinski definition) is 0. The molecule has 0 bridgehead atoms. The third-order valence-corrected chi connectivity index (χ3v) is 10.9. The SMILES string of the molecule is c1ccc(-c2nc(-c3cccc(-c4cccc5c4Oc4cc6c(cc4O5)-c4ccccc4C6(c4ccccc4)c4ccccc4)c3)nc(-c3ccccn3)n2)cc1. The highest BCUT2D eigenvalue weighted by molar-refractivity contribution is 5.89. The van der Waals surface area contributed by atoms with Crippen molar-refractivity contribution in [1.29, 1.82) is 0 Å². The van der Waals surface area contributed by atoms with Crippen LogP contribution in [0, 0.1) is 0 Å². The quantitative estimate of drug-likeness (QED) is 0.169. The van der Waals surface area contributed by atoms with Crippen LogP contribution in [0.1, 0.15) is 22.3 Å².